The summed E-state index contributed by atoms with van der Waals surface area (Å²) in [6.45, 7) is 12.0. The monoisotopic (exact) mass is 275 g/mol. The molecule has 0 aliphatic carbocycles. The van der Waals surface area contributed by atoms with Gasteiger partial charge in [-0.05, 0) is 51.0 Å². The fourth-order valence-corrected chi connectivity index (χ4v) is 2.46. The first-order valence-electron chi connectivity index (χ1n) is 7.34. The summed E-state index contributed by atoms with van der Waals surface area (Å²) >= 11 is 0. The Morgan fingerprint density at radius 1 is 1.10 bits per heavy atom. The normalized spacial score (nSPS) is 16.6. The number of nitrogens with one attached hydrogen (secondary N) is 1. The summed E-state index contributed by atoms with van der Waals surface area (Å²) in [6, 6.07) is 6.60. The van der Waals surface area contributed by atoms with E-state index in [0.717, 1.165) is 31.9 Å². The van der Waals surface area contributed by atoms with E-state index in [-0.39, 0.29) is 6.03 Å². The molecule has 0 aromatic heterocycles. The standard InChI is InChI=1S/C16H25N3O/c1-12(2)18-7-9-19(10-8-18)16(20)17-15-6-5-13(3)14(4)11-15/h5-6,11-12H,7-10H2,1-4H3,(H,17,20). The van der Waals surface area contributed by atoms with Gasteiger partial charge in [0.2, 0.25) is 0 Å². The van der Waals surface area contributed by atoms with Gasteiger partial charge < -0.3 is 10.2 Å². The SMILES string of the molecule is Cc1ccc(NC(=O)N2CCN(C(C)C)CC2)cc1C. The molecule has 1 saturated heterocycles. The minimum Gasteiger partial charge on any atom is -0.322 e. The van der Waals surface area contributed by atoms with Gasteiger partial charge in [-0.15, -0.1) is 0 Å². The second-order valence-electron chi connectivity index (χ2n) is 5.85. The number of aryl methyl sites for hydroxylation is 2. The number of anilines is 1. The van der Waals surface area contributed by atoms with Crippen molar-refractivity contribution < 1.29 is 4.79 Å². The first-order chi connectivity index (χ1) is 9.47. The maximum Gasteiger partial charge on any atom is 0.321 e. The van der Waals surface area contributed by atoms with Crippen LogP contribution in [0.1, 0.15) is 25.0 Å². The maximum atomic E-state index is 12.2. The van der Waals surface area contributed by atoms with Crippen molar-refractivity contribution >= 4 is 11.7 Å². The molecule has 1 aliphatic rings. The molecular weight excluding hydrogens is 250 g/mol. The first-order valence-corrected chi connectivity index (χ1v) is 7.34. The fourth-order valence-electron chi connectivity index (χ4n) is 2.46. The maximum absolute atomic E-state index is 12.2. The van der Waals surface area contributed by atoms with Crippen molar-refractivity contribution in [3.05, 3.63) is 29.3 Å². The zero-order valence-electron chi connectivity index (χ0n) is 12.9. The number of amides is 2. The highest BCUT2D eigenvalue weighted by molar-refractivity contribution is 5.89. The van der Waals surface area contributed by atoms with Gasteiger partial charge in [0.25, 0.3) is 0 Å². The van der Waals surface area contributed by atoms with Crippen molar-refractivity contribution in [3.8, 4) is 0 Å². The summed E-state index contributed by atoms with van der Waals surface area (Å²) in [7, 11) is 0. The molecule has 1 N–H and O–H groups in total. The predicted molar refractivity (Wildman–Crippen MR) is 83.2 cm³/mol. The van der Waals surface area contributed by atoms with E-state index >= 15 is 0 Å². The quantitative estimate of drug-likeness (QED) is 0.901. The Bertz CT molecular complexity index is 477. The molecule has 1 aliphatic heterocycles. The second kappa shape index (κ2) is 6.27. The minimum absolute atomic E-state index is 0.0108. The topological polar surface area (TPSA) is 35.6 Å². The number of nitrogens with zero attached hydrogens (tertiary/aromatic N) is 2. The molecule has 0 saturated carbocycles. The van der Waals surface area contributed by atoms with Crippen molar-refractivity contribution in [3.63, 3.8) is 0 Å². The molecule has 0 unspecified atom stereocenters. The van der Waals surface area contributed by atoms with Crippen LogP contribution in [0, 0.1) is 13.8 Å². The molecule has 4 nitrogen and oxygen atoms in total. The van der Waals surface area contributed by atoms with Gasteiger partial charge in [0.15, 0.2) is 0 Å². The van der Waals surface area contributed by atoms with Crippen LogP contribution in [0.4, 0.5) is 10.5 Å². The van der Waals surface area contributed by atoms with Crippen molar-refractivity contribution in [1.29, 1.82) is 0 Å². The fraction of sp³-hybridized carbons (Fsp3) is 0.562. The van der Waals surface area contributed by atoms with E-state index in [1.807, 2.05) is 23.1 Å². The van der Waals surface area contributed by atoms with Crippen molar-refractivity contribution in [2.24, 2.45) is 0 Å². The third-order valence-corrected chi connectivity index (χ3v) is 4.09. The summed E-state index contributed by atoms with van der Waals surface area (Å²) in [6.07, 6.45) is 0. The Hall–Kier alpha value is -1.55. The van der Waals surface area contributed by atoms with Crippen LogP contribution in [-0.4, -0.2) is 48.1 Å². The molecule has 1 heterocycles. The van der Waals surface area contributed by atoms with Crippen molar-refractivity contribution in [2.75, 3.05) is 31.5 Å². The first kappa shape index (κ1) is 14.9. The van der Waals surface area contributed by atoms with Crippen LogP contribution in [-0.2, 0) is 0 Å². The summed E-state index contributed by atoms with van der Waals surface area (Å²) < 4.78 is 0. The van der Waals surface area contributed by atoms with Crippen LogP contribution in [0.5, 0.6) is 0 Å². The summed E-state index contributed by atoms with van der Waals surface area (Å²) in [5, 5.41) is 2.99. The Balaban J connectivity index is 1.91. The third-order valence-electron chi connectivity index (χ3n) is 4.09. The number of urea groups is 1. The number of hydrogen-bond acceptors (Lipinski definition) is 2. The summed E-state index contributed by atoms with van der Waals surface area (Å²) in [5.74, 6) is 0. The average molecular weight is 275 g/mol. The Kier molecular flexibility index (Phi) is 4.65. The Morgan fingerprint density at radius 2 is 1.75 bits per heavy atom. The predicted octanol–water partition coefficient (Wildman–Crippen LogP) is 2.86. The minimum atomic E-state index is 0.0108. The third kappa shape index (κ3) is 3.51. The lowest BCUT2D eigenvalue weighted by Gasteiger charge is -2.36. The molecule has 1 fully saturated rings. The molecule has 0 spiro atoms. The molecular formula is C16H25N3O. The largest absolute Gasteiger partial charge is 0.322 e. The molecule has 20 heavy (non-hydrogen) atoms. The van der Waals surface area contributed by atoms with E-state index in [1.54, 1.807) is 0 Å². The van der Waals surface area contributed by atoms with Crippen LogP contribution in [0.15, 0.2) is 18.2 Å². The van der Waals surface area contributed by atoms with Gasteiger partial charge in [-0.3, -0.25) is 4.90 Å². The molecule has 0 radical (unpaired) electrons. The van der Waals surface area contributed by atoms with E-state index in [4.69, 9.17) is 0 Å². The van der Waals surface area contributed by atoms with Gasteiger partial charge in [-0.25, -0.2) is 4.79 Å². The van der Waals surface area contributed by atoms with Gasteiger partial charge in [0.05, 0.1) is 0 Å². The highest BCUT2D eigenvalue weighted by Crippen LogP contribution is 2.15. The van der Waals surface area contributed by atoms with E-state index in [9.17, 15) is 4.79 Å². The van der Waals surface area contributed by atoms with Gasteiger partial charge in [0, 0.05) is 37.9 Å². The highest BCUT2D eigenvalue weighted by atomic mass is 16.2. The zero-order chi connectivity index (χ0) is 14.7. The Morgan fingerprint density at radius 3 is 2.30 bits per heavy atom. The molecule has 2 rings (SSSR count). The van der Waals surface area contributed by atoms with Gasteiger partial charge in [0.1, 0.15) is 0 Å². The van der Waals surface area contributed by atoms with Crippen molar-refractivity contribution in [1.82, 2.24) is 9.80 Å². The molecule has 1 aromatic rings. The average Bonchev–Trinajstić information content (AvgIpc) is 2.43. The van der Waals surface area contributed by atoms with Crippen LogP contribution in [0.3, 0.4) is 0 Å². The lowest BCUT2D eigenvalue weighted by Crippen LogP contribution is -2.51. The number of carbonyl (C=O) groups excluding carboxylic acids is 1. The van der Waals surface area contributed by atoms with Crippen LogP contribution >= 0.6 is 0 Å². The number of hydrogen-bond donors (Lipinski definition) is 1. The molecule has 2 amide bonds. The lowest BCUT2D eigenvalue weighted by atomic mass is 10.1. The molecule has 0 atom stereocenters. The van der Waals surface area contributed by atoms with E-state index in [2.05, 4.69) is 37.9 Å². The van der Waals surface area contributed by atoms with Gasteiger partial charge in [-0.2, -0.15) is 0 Å². The van der Waals surface area contributed by atoms with E-state index in [1.165, 1.54) is 11.1 Å². The van der Waals surface area contributed by atoms with Gasteiger partial charge >= 0.3 is 6.03 Å². The number of carbonyl (C=O) groups is 1. The van der Waals surface area contributed by atoms with Gasteiger partial charge in [-0.1, -0.05) is 6.07 Å². The molecule has 4 heteroatoms. The van der Waals surface area contributed by atoms with Crippen LogP contribution < -0.4 is 5.32 Å². The number of piperazine rings is 1. The molecule has 0 bridgehead atoms. The van der Waals surface area contributed by atoms with Crippen molar-refractivity contribution in [2.45, 2.75) is 33.7 Å². The Labute approximate surface area is 121 Å². The smallest absolute Gasteiger partial charge is 0.321 e. The lowest BCUT2D eigenvalue weighted by molar-refractivity contribution is 0.125. The number of benzene rings is 1. The van der Waals surface area contributed by atoms with Crippen LogP contribution in [0.25, 0.3) is 0 Å². The van der Waals surface area contributed by atoms with Crippen LogP contribution in [0.2, 0.25) is 0 Å². The van der Waals surface area contributed by atoms with E-state index in [0.29, 0.717) is 6.04 Å². The summed E-state index contributed by atoms with van der Waals surface area (Å²) in [5.41, 5.74) is 3.32. The zero-order valence-corrected chi connectivity index (χ0v) is 12.9. The van der Waals surface area contributed by atoms with E-state index < -0.39 is 0 Å². The second-order valence-corrected chi connectivity index (χ2v) is 5.85. The highest BCUT2D eigenvalue weighted by Gasteiger charge is 2.22. The number of rotatable bonds is 2. The summed E-state index contributed by atoms with van der Waals surface area (Å²) in [4.78, 5) is 16.5. The molecule has 1 aromatic carbocycles. The molecule has 110 valence electrons.